The van der Waals surface area contributed by atoms with Crippen molar-refractivity contribution < 1.29 is 19.5 Å². The van der Waals surface area contributed by atoms with Gasteiger partial charge >= 0.3 is 5.97 Å². The predicted molar refractivity (Wildman–Crippen MR) is 139 cm³/mol. The van der Waals surface area contributed by atoms with Crippen LogP contribution in [0.2, 0.25) is 0 Å². The van der Waals surface area contributed by atoms with Crippen molar-refractivity contribution in [3.8, 4) is 6.07 Å². The first-order valence-electron chi connectivity index (χ1n) is 13.7. The summed E-state index contributed by atoms with van der Waals surface area (Å²) in [5, 5.41) is 19.7. The van der Waals surface area contributed by atoms with E-state index in [9.17, 15) is 24.8 Å². The van der Waals surface area contributed by atoms with Crippen LogP contribution < -0.4 is 0 Å². The van der Waals surface area contributed by atoms with Gasteiger partial charge in [0.2, 0.25) is 0 Å². The molecule has 0 amide bonds. The number of carbonyl (C=O) groups excluding carboxylic acids is 2. The maximum atomic E-state index is 13.8. The normalized spacial score (nSPS) is 44.7. The first-order valence-corrected chi connectivity index (χ1v) is 13.7. The summed E-state index contributed by atoms with van der Waals surface area (Å²) in [5.41, 5.74) is -0.998. The Morgan fingerprint density at radius 3 is 2.31 bits per heavy atom. The Balaban J connectivity index is 1.84. The number of carbonyl (C=O) groups is 3. The van der Waals surface area contributed by atoms with E-state index in [0.717, 1.165) is 37.7 Å². The quantitative estimate of drug-likeness (QED) is 0.439. The summed E-state index contributed by atoms with van der Waals surface area (Å²) in [5.74, 6) is -0.444. The molecule has 0 radical (unpaired) electrons. The zero-order valence-electron chi connectivity index (χ0n) is 23.2. The lowest BCUT2D eigenvalue weighted by Gasteiger charge is -2.59. The molecule has 2 fully saturated rings. The number of fused-ring (bicyclic) bond motifs is 4. The van der Waals surface area contributed by atoms with Gasteiger partial charge in [-0.1, -0.05) is 53.2 Å². The summed E-state index contributed by atoms with van der Waals surface area (Å²) in [6, 6.07) is 2.15. The van der Waals surface area contributed by atoms with E-state index in [1.54, 1.807) is 0 Å². The van der Waals surface area contributed by atoms with Crippen molar-refractivity contribution in [3.05, 3.63) is 23.3 Å². The molecule has 196 valence electrons. The standard InChI is InChI=1S/C31H43NO4/c1-19-8-10-28(4)12-13-29(5,26(35)36)17-21(28)14-22(33)15-24-30(19,6)11-9-23-27(2,3)25(34)20(18-32)16-31(23,24)7/h15-16,19,21,23H,8-14,17H2,1-7H3,(H,35,36). The molecule has 0 aromatic carbocycles. The minimum absolute atomic E-state index is 0.0205. The van der Waals surface area contributed by atoms with Crippen LogP contribution in [0.5, 0.6) is 0 Å². The van der Waals surface area contributed by atoms with Gasteiger partial charge in [-0.05, 0) is 86.5 Å². The maximum Gasteiger partial charge on any atom is 0.309 e. The maximum absolute atomic E-state index is 13.8. The molecule has 0 bridgehead atoms. The van der Waals surface area contributed by atoms with Gasteiger partial charge in [0.25, 0.3) is 0 Å². The van der Waals surface area contributed by atoms with E-state index in [-0.39, 0.29) is 39.8 Å². The minimum atomic E-state index is -0.790. The Labute approximate surface area is 216 Å². The number of nitrogens with zero attached hydrogens (tertiary/aromatic N) is 1. The van der Waals surface area contributed by atoms with E-state index in [1.165, 1.54) is 0 Å². The minimum Gasteiger partial charge on any atom is -0.481 e. The zero-order chi connectivity index (χ0) is 26.9. The first-order chi connectivity index (χ1) is 16.5. The van der Waals surface area contributed by atoms with Crippen LogP contribution >= 0.6 is 0 Å². The Hall–Kier alpha value is -2.22. The third-order valence-electron chi connectivity index (χ3n) is 11.6. The van der Waals surface area contributed by atoms with Crippen molar-refractivity contribution in [1.82, 2.24) is 0 Å². The van der Waals surface area contributed by atoms with Crippen LogP contribution in [-0.4, -0.2) is 22.6 Å². The largest absolute Gasteiger partial charge is 0.481 e. The van der Waals surface area contributed by atoms with Gasteiger partial charge in [0.05, 0.1) is 11.0 Å². The molecule has 4 aliphatic rings. The van der Waals surface area contributed by atoms with E-state index in [0.29, 0.717) is 25.2 Å². The van der Waals surface area contributed by atoms with Crippen LogP contribution in [0.15, 0.2) is 23.3 Å². The van der Waals surface area contributed by atoms with Crippen LogP contribution in [0.3, 0.4) is 0 Å². The summed E-state index contributed by atoms with van der Waals surface area (Å²) in [6.07, 6.45) is 9.88. The number of allylic oxidation sites excluding steroid dienone is 4. The molecule has 4 aliphatic carbocycles. The number of ketones is 2. The molecule has 7 unspecified atom stereocenters. The third-order valence-corrected chi connectivity index (χ3v) is 11.6. The number of hydrogen-bond acceptors (Lipinski definition) is 4. The summed E-state index contributed by atoms with van der Waals surface area (Å²) < 4.78 is 0. The third kappa shape index (κ3) is 3.82. The second-order valence-corrected chi connectivity index (χ2v) is 14.1. The molecule has 4 rings (SSSR count). The number of hydrogen-bond donors (Lipinski definition) is 1. The second-order valence-electron chi connectivity index (χ2n) is 14.1. The molecule has 5 nitrogen and oxygen atoms in total. The molecule has 0 saturated heterocycles. The first kappa shape index (κ1) is 26.8. The van der Waals surface area contributed by atoms with Crippen molar-refractivity contribution in [2.45, 2.75) is 99.8 Å². The number of rotatable bonds is 1. The molecular formula is C31H43NO4. The van der Waals surface area contributed by atoms with Gasteiger partial charge in [-0.25, -0.2) is 0 Å². The molecule has 5 heteroatoms. The van der Waals surface area contributed by atoms with Gasteiger partial charge in [-0.3, -0.25) is 14.4 Å². The smallest absolute Gasteiger partial charge is 0.309 e. The Kier molecular flexibility index (Phi) is 6.26. The highest BCUT2D eigenvalue weighted by molar-refractivity contribution is 6.04. The predicted octanol–water partition coefficient (Wildman–Crippen LogP) is 6.68. The fourth-order valence-corrected chi connectivity index (χ4v) is 8.58. The molecule has 36 heavy (non-hydrogen) atoms. The summed E-state index contributed by atoms with van der Waals surface area (Å²) in [6.45, 7) is 14.7. The van der Waals surface area contributed by atoms with Gasteiger partial charge in [-0.15, -0.1) is 0 Å². The molecule has 0 aliphatic heterocycles. The topological polar surface area (TPSA) is 95.2 Å². The van der Waals surface area contributed by atoms with E-state index >= 15 is 0 Å². The average molecular weight is 494 g/mol. The number of aliphatic carboxylic acids is 1. The lowest BCUT2D eigenvalue weighted by molar-refractivity contribution is -0.154. The number of carboxylic acids is 1. The van der Waals surface area contributed by atoms with E-state index < -0.39 is 22.2 Å². The van der Waals surface area contributed by atoms with Crippen molar-refractivity contribution in [2.75, 3.05) is 0 Å². The monoisotopic (exact) mass is 493 g/mol. The van der Waals surface area contributed by atoms with E-state index in [2.05, 4.69) is 33.8 Å². The van der Waals surface area contributed by atoms with Gasteiger partial charge in [0.15, 0.2) is 11.6 Å². The number of carboxylic acid groups (broad SMARTS) is 1. The Bertz CT molecular complexity index is 1110. The summed E-state index contributed by atoms with van der Waals surface area (Å²) >= 11 is 0. The number of Topliss-reactive ketones (excluding diaryl/α,β-unsaturated/α-hetero) is 1. The van der Waals surface area contributed by atoms with Crippen LogP contribution in [0, 0.1) is 56.2 Å². The van der Waals surface area contributed by atoms with Crippen molar-refractivity contribution in [3.63, 3.8) is 0 Å². The Morgan fingerprint density at radius 2 is 1.69 bits per heavy atom. The van der Waals surface area contributed by atoms with E-state index in [1.807, 2.05) is 32.9 Å². The highest BCUT2D eigenvalue weighted by atomic mass is 16.4. The lowest BCUT2D eigenvalue weighted by Crippen LogP contribution is -2.54. The van der Waals surface area contributed by atoms with Crippen LogP contribution in [0.1, 0.15) is 99.8 Å². The van der Waals surface area contributed by atoms with Crippen molar-refractivity contribution in [2.24, 2.45) is 44.8 Å². The molecule has 7 atom stereocenters. The van der Waals surface area contributed by atoms with Crippen molar-refractivity contribution >= 4 is 17.5 Å². The highest BCUT2D eigenvalue weighted by Gasteiger charge is 2.59. The molecule has 0 aromatic heterocycles. The molecule has 1 N–H and O–H groups in total. The van der Waals surface area contributed by atoms with Crippen LogP contribution in [0.4, 0.5) is 0 Å². The summed E-state index contributed by atoms with van der Waals surface area (Å²) in [4.78, 5) is 39.0. The van der Waals surface area contributed by atoms with Crippen LogP contribution in [0.25, 0.3) is 0 Å². The fraction of sp³-hybridized carbons (Fsp3) is 0.742. The van der Waals surface area contributed by atoms with Gasteiger partial charge < -0.3 is 5.11 Å². The zero-order valence-corrected chi connectivity index (χ0v) is 23.2. The SMILES string of the molecule is CC1CCC2(C)CCC(C)(C(=O)O)CC2CC(=O)C=C2C3(C)C=C(C#N)C(=O)C(C)(C)C3CCC21C. The van der Waals surface area contributed by atoms with Gasteiger partial charge in [0.1, 0.15) is 6.07 Å². The highest BCUT2D eigenvalue weighted by Crippen LogP contribution is 2.65. The lowest BCUT2D eigenvalue weighted by atomic mass is 9.44. The van der Waals surface area contributed by atoms with Gasteiger partial charge in [0, 0.05) is 17.3 Å². The van der Waals surface area contributed by atoms with Gasteiger partial charge in [-0.2, -0.15) is 5.26 Å². The molecular weight excluding hydrogens is 450 g/mol. The molecule has 2 saturated carbocycles. The van der Waals surface area contributed by atoms with Crippen molar-refractivity contribution in [1.29, 1.82) is 5.26 Å². The fourth-order valence-electron chi connectivity index (χ4n) is 8.58. The summed E-state index contributed by atoms with van der Waals surface area (Å²) in [7, 11) is 0. The molecule has 0 aromatic rings. The molecule has 0 heterocycles. The molecule has 0 spiro atoms. The van der Waals surface area contributed by atoms with E-state index in [4.69, 9.17) is 0 Å². The average Bonchev–Trinajstić information content (AvgIpc) is 2.79. The second kappa shape index (κ2) is 8.40. The Morgan fingerprint density at radius 1 is 1.03 bits per heavy atom. The number of nitriles is 1. The van der Waals surface area contributed by atoms with Crippen LogP contribution in [-0.2, 0) is 14.4 Å².